The van der Waals surface area contributed by atoms with Gasteiger partial charge in [0.25, 0.3) is 0 Å². The summed E-state index contributed by atoms with van der Waals surface area (Å²) in [6, 6.07) is 10.6. The number of fused-ring (bicyclic) bond motifs is 4. The first-order valence-electron chi connectivity index (χ1n) is 8.52. The lowest BCUT2D eigenvalue weighted by Crippen LogP contribution is -1.87. The van der Waals surface area contributed by atoms with Crippen molar-refractivity contribution in [1.82, 2.24) is 15.0 Å². The number of nitrogens with zero attached hydrogens (tertiary/aromatic N) is 3. The monoisotopic (exact) mass is 428 g/mol. The zero-order valence-corrected chi connectivity index (χ0v) is 18.2. The molecule has 5 aromatic rings. The molecule has 0 aliphatic rings. The van der Waals surface area contributed by atoms with Gasteiger partial charge in [-0.3, -0.25) is 0 Å². The van der Waals surface area contributed by atoms with Crippen molar-refractivity contribution in [1.29, 1.82) is 0 Å². The van der Waals surface area contributed by atoms with Gasteiger partial charge < -0.3 is 5.32 Å². The van der Waals surface area contributed by atoms with Crippen molar-refractivity contribution in [3.63, 3.8) is 0 Å². The van der Waals surface area contributed by atoms with Gasteiger partial charge in [-0.15, -0.1) is 11.3 Å². The minimum Gasteiger partial charge on any atom is -0.307 e. The number of hydrogen-bond donors (Lipinski definition) is 1. The van der Waals surface area contributed by atoms with Crippen LogP contribution < -0.4 is 5.32 Å². The summed E-state index contributed by atoms with van der Waals surface area (Å²) in [5, 5.41) is 5.17. The third kappa shape index (κ3) is 3.10. The van der Waals surface area contributed by atoms with E-state index >= 15 is 0 Å². The Hall–Kier alpha value is -1.74. The molecule has 27 heavy (non-hydrogen) atoms. The molecule has 0 spiro atoms. The van der Waals surface area contributed by atoms with E-state index in [1.807, 2.05) is 0 Å². The summed E-state index contributed by atoms with van der Waals surface area (Å²) >= 11 is 6.77. The van der Waals surface area contributed by atoms with Crippen LogP contribution in [0.1, 0.15) is 25.3 Å². The molecule has 0 aliphatic heterocycles. The number of hydrogen-bond acceptors (Lipinski definition) is 8. The molecule has 0 amide bonds. The average Bonchev–Trinajstić information content (AvgIpc) is 3.35. The van der Waals surface area contributed by atoms with Crippen LogP contribution in [0.15, 0.2) is 34.7 Å². The van der Waals surface area contributed by atoms with Crippen LogP contribution in [0, 0.1) is 0 Å². The summed E-state index contributed by atoms with van der Waals surface area (Å²) in [7, 11) is 0. The number of thioether (sulfide) groups is 1. The lowest BCUT2D eigenvalue weighted by molar-refractivity contribution is 0.869. The summed E-state index contributed by atoms with van der Waals surface area (Å²) in [6.45, 7) is 4.43. The largest absolute Gasteiger partial charge is 0.307 e. The SMILES string of the molecule is CSc1nc2ccc3nc(Nc4nc5ccc(C(C)C)cc5s4)sc3c2s1. The highest BCUT2D eigenvalue weighted by molar-refractivity contribution is 8.00. The van der Waals surface area contributed by atoms with Crippen molar-refractivity contribution in [3.05, 3.63) is 35.9 Å². The van der Waals surface area contributed by atoms with Crippen LogP contribution >= 0.6 is 45.8 Å². The zero-order chi connectivity index (χ0) is 18.5. The molecular weight excluding hydrogens is 413 g/mol. The molecule has 0 unspecified atom stereocenters. The van der Waals surface area contributed by atoms with Gasteiger partial charge in [0.1, 0.15) is 0 Å². The fraction of sp³-hybridized carbons (Fsp3) is 0.211. The lowest BCUT2D eigenvalue weighted by Gasteiger charge is -2.03. The van der Waals surface area contributed by atoms with Gasteiger partial charge in [0, 0.05) is 0 Å². The molecule has 0 aliphatic carbocycles. The molecule has 0 radical (unpaired) electrons. The van der Waals surface area contributed by atoms with Crippen LogP contribution in [0.2, 0.25) is 0 Å². The minimum absolute atomic E-state index is 0.519. The molecule has 0 atom stereocenters. The van der Waals surface area contributed by atoms with Crippen molar-refractivity contribution in [2.75, 3.05) is 11.6 Å². The Morgan fingerprint density at radius 1 is 0.852 bits per heavy atom. The topological polar surface area (TPSA) is 50.7 Å². The molecular formula is C19H16N4S4. The van der Waals surface area contributed by atoms with Crippen molar-refractivity contribution in [2.45, 2.75) is 24.1 Å². The molecule has 2 aromatic carbocycles. The Morgan fingerprint density at radius 2 is 1.52 bits per heavy atom. The Morgan fingerprint density at radius 3 is 2.30 bits per heavy atom. The third-order valence-corrected chi connectivity index (χ3v) is 8.50. The fourth-order valence-corrected chi connectivity index (χ4v) is 6.57. The Balaban J connectivity index is 1.53. The average molecular weight is 429 g/mol. The maximum absolute atomic E-state index is 4.76. The highest BCUT2D eigenvalue weighted by atomic mass is 32.2. The van der Waals surface area contributed by atoms with Crippen LogP contribution in [0.3, 0.4) is 0 Å². The molecule has 8 heteroatoms. The first-order valence-corrected chi connectivity index (χ1v) is 12.2. The van der Waals surface area contributed by atoms with Gasteiger partial charge in [-0.2, -0.15) is 0 Å². The van der Waals surface area contributed by atoms with E-state index in [-0.39, 0.29) is 0 Å². The van der Waals surface area contributed by atoms with Gasteiger partial charge >= 0.3 is 0 Å². The number of benzene rings is 2. The molecule has 0 saturated heterocycles. The number of thiazole rings is 3. The van der Waals surface area contributed by atoms with Gasteiger partial charge in [-0.05, 0) is 42.0 Å². The molecule has 3 heterocycles. The van der Waals surface area contributed by atoms with Crippen molar-refractivity contribution < 1.29 is 0 Å². The van der Waals surface area contributed by atoms with Crippen LogP contribution in [0.5, 0.6) is 0 Å². The second-order valence-electron chi connectivity index (χ2n) is 6.49. The summed E-state index contributed by atoms with van der Waals surface area (Å²) in [5.41, 5.74) is 4.43. The standard InChI is InChI=1S/C19H16N4S4/c1-9(2)10-4-5-11-14(8-10)25-17(20-11)23-18-21-12-6-7-13-16(15(12)26-18)27-19(22-13)24-3/h4-9H,1-3H3,(H,20,21,23). The summed E-state index contributed by atoms with van der Waals surface area (Å²) in [4.78, 5) is 14.1. The molecule has 3 aromatic heterocycles. The van der Waals surface area contributed by atoms with Crippen molar-refractivity contribution >= 4 is 86.7 Å². The Kier molecular flexibility index (Phi) is 4.31. The van der Waals surface area contributed by atoms with Crippen molar-refractivity contribution in [3.8, 4) is 0 Å². The van der Waals surface area contributed by atoms with Crippen LogP contribution in [0.25, 0.3) is 30.6 Å². The maximum Gasteiger partial charge on any atom is 0.190 e. The van der Waals surface area contributed by atoms with E-state index in [4.69, 9.17) is 9.97 Å². The van der Waals surface area contributed by atoms with E-state index < -0.39 is 0 Å². The van der Waals surface area contributed by atoms with Crippen LogP contribution in [-0.2, 0) is 0 Å². The second-order valence-corrected chi connectivity index (χ2v) is 10.6. The molecule has 0 fully saturated rings. The number of nitrogens with one attached hydrogen (secondary N) is 1. The van der Waals surface area contributed by atoms with Gasteiger partial charge in [-0.1, -0.05) is 54.3 Å². The molecule has 5 rings (SSSR count). The van der Waals surface area contributed by atoms with E-state index in [2.05, 4.69) is 60.7 Å². The van der Waals surface area contributed by atoms with E-state index in [9.17, 15) is 0 Å². The Labute approximate surface area is 172 Å². The van der Waals surface area contributed by atoms with Gasteiger partial charge in [0.15, 0.2) is 14.6 Å². The van der Waals surface area contributed by atoms with E-state index in [1.54, 1.807) is 45.8 Å². The number of anilines is 2. The number of rotatable bonds is 4. The van der Waals surface area contributed by atoms with Gasteiger partial charge in [0.2, 0.25) is 0 Å². The Bertz CT molecular complexity index is 1280. The summed E-state index contributed by atoms with van der Waals surface area (Å²) < 4.78 is 4.70. The summed E-state index contributed by atoms with van der Waals surface area (Å²) in [6.07, 6.45) is 2.06. The highest BCUT2D eigenvalue weighted by Gasteiger charge is 2.13. The fourth-order valence-electron chi connectivity index (χ4n) is 2.94. The predicted octanol–water partition coefficient (Wildman–Crippen LogP) is 7.10. The smallest absolute Gasteiger partial charge is 0.190 e. The third-order valence-electron chi connectivity index (χ3n) is 4.36. The maximum atomic E-state index is 4.76. The normalized spacial score (nSPS) is 12.0. The van der Waals surface area contributed by atoms with E-state index in [0.717, 1.165) is 31.2 Å². The minimum atomic E-state index is 0.519. The number of aromatic nitrogens is 3. The first-order chi connectivity index (χ1) is 13.1. The van der Waals surface area contributed by atoms with E-state index in [0.29, 0.717) is 5.92 Å². The highest BCUT2D eigenvalue weighted by Crippen LogP contribution is 2.39. The predicted molar refractivity (Wildman–Crippen MR) is 122 cm³/mol. The van der Waals surface area contributed by atoms with Crippen LogP contribution in [0.4, 0.5) is 10.3 Å². The molecule has 0 bridgehead atoms. The molecule has 4 nitrogen and oxygen atoms in total. The quantitative estimate of drug-likeness (QED) is 0.309. The molecule has 136 valence electrons. The van der Waals surface area contributed by atoms with Gasteiger partial charge in [0.05, 0.1) is 30.6 Å². The second kappa shape index (κ2) is 6.70. The van der Waals surface area contributed by atoms with Crippen molar-refractivity contribution in [2.24, 2.45) is 0 Å². The molecule has 0 saturated carbocycles. The lowest BCUT2D eigenvalue weighted by atomic mass is 10.0. The van der Waals surface area contributed by atoms with E-state index in [1.165, 1.54) is 19.7 Å². The van der Waals surface area contributed by atoms with Crippen LogP contribution in [-0.4, -0.2) is 21.2 Å². The molecule has 1 N–H and O–H groups in total. The zero-order valence-electron chi connectivity index (χ0n) is 14.9. The van der Waals surface area contributed by atoms with Gasteiger partial charge in [-0.25, -0.2) is 15.0 Å². The summed E-state index contributed by atoms with van der Waals surface area (Å²) in [5.74, 6) is 0.519. The first kappa shape index (κ1) is 17.4.